The van der Waals surface area contributed by atoms with E-state index in [1.807, 2.05) is 13.8 Å². The minimum Gasteiger partial charge on any atom is -0.462 e. The van der Waals surface area contributed by atoms with E-state index in [2.05, 4.69) is 26.1 Å². The highest BCUT2D eigenvalue weighted by Crippen LogP contribution is 2.66. The van der Waals surface area contributed by atoms with Gasteiger partial charge >= 0.3 is 5.97 Å². The van der Waals surface area contributed by atoms with Crippen LogP contribution in [0.1, 0.15) is 60.3 Å². The number of fused-ring (bicyclic) bond motifs is 2. The molecule has 4 nitrogen and oxygen atoms in total. The van der Waals surface area contributed by atoms with Gasteiger partial charge in [-0.2, -0.15) is 0 Å². The Morgan fingerprint density at radius 1 is 1.36 bits per heavy atom. The molecule has 0 aromatic carbocycles. The van der Waals surface area contributed by atoms with Crippen molar-refractivity contribution < 1.29 is 14.3 Å². The number of esters is 1. The summed E-state index contributed by atoms with van der Waals surface area (Å²) in [7, 11) is 0. The molecule has 0 unspecified atom stereocenters. The molecule has 0 heterocycles. The average Bonchev–Trinajstić information content (AvgIpc) is 2.79. The monoisotopic (exact) mass is 311 g/mol. The fraction of sp³-hybridized carbons (Fsp3) is 0.944. The van der Waals surface area contributed by atoms with Gasteiger partial charge in [0.1, 0.15) is 0 Å². The summed E-state index contributed by atoms with van der Waals surface area (Å²) in [4.78, 5) is 11.5. The summed E-state index contributed by atoms with van der Waals surface area (Å²) in [5.41, 5.74) is 0.707. The lowest BCUT2D eigenvalue weighted by Crippen LogP contribution is -2.38. The van der Waals surface area contributed by atoms with Crippen molar-refractivity contribution in [2.24, 2.45) is 16.7 Å². The Hall–Kier alpha value is -0.610. The number of carbonyl (C=O) groups excluding carboxylic acids is 1. The van der Waals surface area contributed by atoms with Gasteiger partial charge < -0.3 is 14.8 Å². The van der Waals surface area contributed by atoms with E-state index in [0.717, 1.165) is 12.3 Å². The summed E-state index contributed by atoms with van der Waals surface area (Å²) >= 11 is 0. The maximum atomic E-state index is 11.5. The quantitative estimate of drug-likeness (QED) is 0.552. The zero-order valence-corrected chi connectivity index (χ0v) is 14.9. The molecule has 2 aliphatic rings. The van der Waals surface area contributed by atoms with E-state index >= 15 is 0 Å². The van der Waals surface area contributed by atoms with Crippen molar-refractivity contribution in [3.63, 3.8) is 0 Å². The SMILES string of the molecule is CC[C@@H](C)OC(=O)CNCCO[C@H]1C[C@H]2CC[C@@]1(C)C2(C)C. The second kappa shape index (κ2) is 6.88. The van der Waals surface area contributed by atoms with E-state index < -0.39 is 0 Å². The van der Waals surface area contributed by atoms with Gasteiger partial charge in [-0.3, -0.25) is 4.79 Å². The Bertz CT molecular complexity index is 396. The minimum atomic E-state index is -0.178. The molecule has 1 N–H and O–H groups in total. The number of nitrogens with one attached hydrogen (secondary N) is 1. The van der Waals surface area contributed by atoms with Crippen LogP contribution in [-0.2, 0) is 14.3 Å². The second-order valence-corrected chi connectivity index (χ2v) is 7.86. The van der Waals surface area contributed by atoms with Crippen molar-refractivity contribution in [2.45, 2.75) is 72.5 Å². The fourth-order valence-electron chi connectivity index (χ4n) is 4.20. The van der Waals surface area contributed by atoms with Crippen molar-refractivity contribution >= 4 is 5.97 Å². The zero-order valence-electron chi connectivity index (χ0n) is 14.9. The first kappa shape index (κ1) is 17.7. The molecule has 0 aromatic heterocycles. The van der Waals surface area contributed by atoms with E-state index in [1.54, 1.807) is 0 Å². The lowest BCUT2D eigenvalue weighted by Gasteiger charge is -2.38. The van der Waals surface area contributed by atoms with Crippen LogP contribution in [0, 0.1) is 16.7 Å². The van der Waals surface area contributed by atoms with Gasteiger partial charge in [0.05, 0.1) is 25.4 Å². The number of rotatable bonds is 8. The Morgan fingerprint density at radius 3 is 2.64 bits per heavy atom. The third kappa shape index (κ3) is 3.33. The zero-order chi connectivity index (χ0) is 16.4. The summed E-state index contributed by atoms with van der Waals surface area (Å²) in [5.74, 6) is 0.628. The van der Waals surface area contributed by atoms with Crippen LogP contribution in [0.25, 0.3) is 0 Å². The van der Waals surface area contributed by atoms with Gasteiger partial charge in [0.25, 0.3) is 0 Å². The number of hydrogen-bond acceptors (Lipinski definition) is 4. The van der Waals surface area contributed by atoms with Crippen molar-refractivity contribution in [1.29, 1.82) is 0 Å². The van der Waals surface area contributed by atoms with Crippen LogP contribution in [0.2, 0.25) is 0 Å². The van der Waals surface area contributed by atoms with Crippen LogP contribution in [0.4, 0.5) is 0 Å². The van der Waals surface area contributed by atoms with Crippen LogP contribution in [0.3, 0.4) is 0 Å². The van der Waals surface area contributed by atoms with Crippen molar-refractivity contribution in [2.75, 3.05) is 19.7 Å². The fourth-order valence-corrected chi connectivity index (χ4v) is 4.20. The first-order valence-corrected chi connectivity index (χ1v) is 8.83. The van der Waals surface area contributed by atoms with Crippen molar-refractivity contribution in [1.82, 2.24) is 5.32 Å². The normalized spacial score (nSPS) is 33.9. The van der Waals surface area contributed by atoms with Gasteiger partial charge in [-0.05, 0) is 49.4 Å². The smallest absolute Gasteiger partial charge is 0.320 e. The molecule has 2 rings (SSSR count). The molecule has 2 aliphatic carbocycles. The third-order valence-corrected chi connectivity index (χ3v) is 6.49. The summed E-state index contributed by atoms with van der Waals surface area (Å²) < 4.78 is 11.4. The highest BCUT2D eigenvalue weighted by molar-refractivity contribution is 5.71. The molecule has 0 amide bonds. The van der Waals surface area contributed by atoms with E-state index in [1.165, 1.54) is 19.3 Å². The van der Waals surface area contributed by atoms with Gasteiger partial charge in [0, 0.05) is 6.54 Å². The van der Waals surface area contributed by atoms with E-state index in [-0.39, 0.29) is 18.6 Å². The standard InChI is InChI=1S/C18H33NO3/c1-6-13(2)22-16(20)12-19-9-10-21-15-11-14-7-8-18(15,5)17(14,3)4/h13-15,19H,6-12H2,1-5H3/t13-,14-,15+,18-/m1/s1. The molecule has 4 heteroatoms. The van der Waals surface area contributed by atoms with Gasteiger partial charge in [-0.15, -0.1) is 0 Å². The van der Waals surface area contributed by atoms with E-state index in [4.69, 9.17) is 9.47 Å². The third-order valence-electron chi connectivity index (χ3n) is 6.49. The van der Waals surface area contributed by atoms with E-state index in [9.17, 15) is 4.79 Å². The summed E-state index contributed by atoms with van der Waals surface area (Å²) in [5, 5.41) is 3.12. The highest BCUT2D eigenvalue weighted by atomic mass is 16.5. The maximum absolute atomic E-state index is 11.5. The Balaban J connectivity index is 1.63. The van der Waals surface area contributed by atoms with Gasteiger partial charge in [-0.1, -0.05) is 27.7 Å². The van der Waals surface area contributed by atoms with Crippen LogP contribution >= 0.6 is 0 Å². The molecule has 0 aliphatic heterocycles. The van der Waals surface area contributed by atoms with Crippen LogP contribution in [-0.4, -0.2) is 37.9 Å². The summed E-state index contributed by atoms with van der Waals surface area (Å²) in [6.45, 7) is 12.8. The average molecular weight is 311 g/mol. The molecule has 128 valence electrons. The highest BCUT2D eigenvalue weighted by Gasteiger charge is 2.61. The predicted molar refractivity (Wildman–Crippen MR) is 87.7 cm³/mol. The second-order valence-electron chi connectivity index (χ2n) is 7.86. The molecule has 2 bridgehead atoms. The molecule has 2 fully saturated rings. The van der Waals surface area contributed by atoms with Crippen LogP contribution in [0.15, 0.2) is 0 Å². The molecule has 0 aromatic rings. The first-order valence-electron chi connectivity index (χ1n) is 8.83. The van der Waals surface area contributed by atoms with Crippen molar-refractivity contribution in [3.8, 4) is 0 Å². The topological polar surface area (TPSA) is 47.6 Å². The Kier molecular flexibility index (Phi) is 5.54. The molecule has 22 heavy (non-hydrogen) atoms. The number of ether oxygens (including phenoxy) is 2. The molecule has 0 radical (unpaired) electrons. The van der Waals surface area contributed by atoms with Crippen LogP contribution in [0.5, 0.6) is 0 Å². The Labute approximate surface area is 135 Å². The lowest BCUT2D eigenvalue weighted by atomic mass is 9.70. The molecule has 0 spiro atoms. The number of carbonyl (C=O) groups is 1. The largest absolute Gasteiger partial charge is 0.462 e. The lowest BCUT2D eigenvalue weighted by molar-refractivity contribution is -0.147. The molecule has 0 saturated heterocycles. The summed E-state index contributed by atoms with van der Waals surface area (Å²) in [6.07, 6.45) is 5.05. The Morgan fingerprint density at radius 2 is 2.09 bits per heavy atom. The molecule has 4 atom stereocenters. The number of hydrogen-bond donors (Lipinski definition) is 1. The predicted octanol–water partition coefficient (Wildman–Crippen LogP) is 3.15. The van der Waals surface area contributed by atoms with Crippen LogP contribution < -0.4 is 5.32 Å². The molecular formula is C18H33NO3. The molecular weight excluding hydrogens is 278 g/mol. The summed E-state index contributed by atoms with van der Waals surface area (Å²) in [6, 6.07) is 0. The van der Waals surface area contributed by atoms with Gasteiger partial charge in [-0.25, -0.2) is 0 Å². The van der Waals surface area contributed by atoms with E-state index in [0.29, 0.717) is 30.1 Å². The minimum absolute atomic E-state index is 0.00164. The first-order chi connectivity index (χ1) is 10.3. The maximum Gasteiger partial charge on any atom is 0.320 e. The van der Waals surface area contributed by atoms with Crippen molar-refractivity contribution in [3.05, 3.63) is 0 Å². The van der Waals surface area contributed by atoms with Gasteiger partial charge in [0.2, 0.25) is 0 Å². The molecule has 2 saturated carbocycles. The van der Waals surface area contributed by atoms with Gasteiger partial charge in [0.15, 0.2) is 0 Å².